The molecule has 0 aromatic heterocycles. The summed E-state index contributed by atoms with van der Waals surface area (Å²) in [5.41, 5.74) is 1.05. The van der Waals surface area contributed by atoms with Gasteiger partial charge >= 0.3 is 0 Å². The van der Waals surface area contributed by atoms with Crippen LogP contribution in [0.5, 0.6) is 17.2 Å². The number of hydrogen-bond acceptors (Lipinski definition) is 5. The molecule has 3 rings (SSSR count). The van der Waals surface area contributed by atoms with Crippen LogP contribution in [0.3, 0.4) is 0 Å². The molecule has 7 heteroatoms. The van der Waals surface area contributed by atoms with Crippen molar-refractivity contribution in [3.63, 3.8) is 0 Å². The third kappa shape index (κ3) is 3.19. The quantitative estimate of drug-likeness (QED) is 0.929. The molecule has 0 bridgehead atoms. The fourth-order valence-corrected chi connectivity index (χ4v) is 3.63. The predicted molar refractivity (Wildman–Crippen MR) is 86.0 cm³/mol. The van der Waals surface area contributed by atoms with Gasteiger partial charge in [0.2, 0.25) is 0 Å². The summed E-state index contributed by atoms with van der Waals surface area (Å²) < 4.78 is 43.8. The fraction of sp³-hybridized carbons (Fsp3) is 0.250. The highest BCUT2D eigenvalue weighted by atomic mass is 32.2. The third-order valence-corrected chi connectivity index (χ3v) is 4.99. The molecule has 1 aliphatic rings. The molecule has 0 saturated heterocycles. The lowest BCUT2D eigenvalue weighted by Gasteiger charge is -2.20. The first-order valence-corrected chi connectivity index (χ1v) is 8.55. The molecule has 23 heavy (non-hydrogen) atoms. The van der Waals surface area contributed by atoms with E-state index in [2.05, 4.69) is 4.72 Å². The number of rotatable bonds is 4. The molecule has 0 fully saturated rings. The van der Waals surface area contributed by atoms with Crippen molar-refractivity contribution in [1.29, 1.82) is 0 Å². The van der Waals surface area contributed by atoms with Crippen molar-refractivity contribution in [3.8, 4) is 17.2 Å². The second-order valence-corrected chi connectivity index (χ2v) is 6.75. The van der Waals surface area contributed by atoms with E-state index in [9.17, 15) is 8.42 Å². The van der Waals surface area contributed by atoms with Crippen molar-refractivity contribution in [2.75, 3.05) is 25.0 Å². The molecule has 0 saturated carbocycles. The van der Waals surface area contributed by atoms with Crippen LogP contribution in [0.25, 0.3) is 0 Å². The molecular weight excluding hydrogens is 318 g/mol. The number of hydrogen-bond donors (Lipinski definition) is 1. The minimum atomic E-state index is -3.72. The molecular formula is C16H17NO5S. The van der Waals surface area contributed by atoms with Gasteiger partial charge in [0.05, 0.1) is 12.0 Å². The number of methoxy groups -OCH3 is 1. The van der Waals surface area contributed by atoms with E-state index in [1.54, 1.807) is 44.4 Å². The van der Waals surface area contributed by atoms with Crippen molar-refractivity contribution < 1.29 is 22.6 Å². The SMILES string of the molecule is COc1ccc(NS(=O)(=O)c2cc3c(cc2C)OCCO3)cc1. The Bertz CT molecular complexity index is 815. The van der Waals surface area contributed by atoms with Crippen LogP contribution in [0, 0.1) is 6.92 Å². The summed E-state index contributed by atoms with van der Waals surface area (Å²) in [4.78, 5) is 0.164. The zero-order valence-electron chi connectivity index (χ0n) is 12.8. The van der Waals surface area contributed by atoms with Gasteiger partial charge in [-0.3, -0.25) is 4.72 Å². The Hall–Kier alpha value is -2.41. The number of benzene rings is 2. The summed E-state index contributed by atoms with van der Waals surface area (Å²) in [7, 11) is -2.17. The molecule has 6 nitrogen and oxygen atoms in total. The van der Waals surface area contributed by atoms with E-state index < -0.39 is 10.0 Å². The molecule has 0 spiro atoms. The van der Waals surface area contributed by atoms with Gasteiger partial charge in [-0.1, -0.05) is 0 Å². The molecule has 2 aromatic carbocycles. The zero-order valence-corrected chi connectivity index (χ0v) is 13.6. The van der Waals surface area contributed by atoms with Gasteiger partial charge in [-0.2, -0.15) is 0 Å². The number of aryl methyl sites for hydroxylation is 1. The van der Waals surface area contributed by atoms with Crippen LogP contribution in [-0.2, 0) is 10.0 Å². The number of fused-ring (bicyclic) bond motifs is 1. The number of sulfonamides is 1. The molecule has 0 unspecified atom stereocenters. The van der Waals surface area contributed by atoms with E-state index in [0.717, 1.165) is 0 Å². The minimum Gasteiger partial charge on any atom is -0.497 e. The maximum absolute atomic E-state index is 12.6. The van der Waals surface area contributed by atoms with Crippen LogP contribution in [0.4, 0.5) is 5.69 Å². The highest BCUT2D eigenvalue weighted by Gasteiger charge is 2.22. The van der Waals surface area contributed by atoms with Crippen LogP contribution in [-0.4, -0.2) is 28.7 Å². The Morgan fingerprint density at radius 1 is 1.04 bits per heavy atom. The molecule has 0 atom stereocenters. The topological polar surface area (TPSA) is 73.9 Å². The molecule has 0 radical (unpaired) electrons. The van der Waals surface area contributed by atoms with Gasteiger partial charge in [0.15, 0.2) is 11.5 Å². The monoisotopic (exact) mass is 335 g/mol. The van der Waals surface area contributed by atoms with Gasteiger partial charge in [0, 0.05) is 11.8 Å². The predicted octanol–water partition coefficient (Wildman–Crippen LogP) is 2.58. The van der Waals surface area contributed by atoms with E-state index in [4.69, 9.17) is 14.2 Å². The normalized spacial score (nSPS) is 13.5. The average Bonchev–Trinajstić information content (AvgIpc) is 2.54. The molecule has 122 valence electrons. The van der Waals surface area contributed by atoms with Gasteiger partial charge in [0.1, 0.15) is 19.0 Å². The van der Waals surface area contributed by atoms with Gasteiger partial charge in [-0.05, 0) is 42.8 Å². The van der Waals surface area contributed by atoms with Gasteiger partial charge < -0.3 is 14.2 Å². The van der Waals surface area contributed by atoms with Crippen LogP contribution in [0.1, 0.15) is 5.56 Å². The fourth-order valence-electron chi connectivity index (χ4n) is 2.33. The van der Waals surface area contributed by atoms with E-state index in [-0.39, 0.29) is 4.90 Å². The van der Waals surface area contributed by atoms with Crippen molar-refractivity contribution >= 4 is 15.7 Å². The smallest absolute Gasteiger partial charge is 0.262 e. The third-order valence-electron chi connectivity index (χ3n) is 3.47. The Morgan fingerprint density at radius 2 is 1.65 bits per heavy atom. The van der Waals surface area contributed by atoms with Crippen molar-refractivity contribution in [2.24, 2.45) is 0 Å². The van der Waals surface area contributed by atoms with Crippen molar-refractivity contribution in [1.82, 2.24) is 0 Å². The van der Waals surface area contributed by atoms with Gasteiger partial charge in [-0.15, -0.1) is 0 Å². The Balaban J connectivity index is 1.92. The first-order chi connectivity index (χ1) is 11.0. The second kappa shape index (κ2) is 6.00. The lowest BCUT2D eigenvalue weighted by atomic mass is 10.2. The zero-order chi connectivity index (χ0) is 16.4. The summed E-state index contributed by atoms with van der Waals surface area (Å²) in [6.45, 7) is 2.59. The van der Waals surface area contributed by atoms with E-state index in [0.29, 0.717) is 41.7 Å². The summed E-state index contributed by atoms with van der Waals surface area (Å²) >= 11 is 0. The molecule has 0 aliphatic carbocycles. The Labute approximate surface area is 135 Å². The maximum Gasteiger partial charge on any atom is 0.262 e. The Morgan fingerprint density at radius 3 is 2.26 bits per heavy atom. The number of nitrogens with one attached hydrogen (secondary N) is 1. The summed E-state index contributed by atoms with van der Waals surface area (Å²) in [5, 5.41) is 0. The Kier molecular flexibility index (Phi) is 4.04. The first kappa shape index (κ1) is 15.5. The van der Waals surface area contributed by atoms with Crippen LogP contribution in [0.15, 0.2) is 41.3 Å². The van der Waals surface area contributed by atoms with E-state index in [1.807, 2.05) is 0 Å². The first-order valence-electron chi connectivity index (χ1n) is 7.07. The summed E-state index contributed by atoms with van der Waals surface area (Å²) in [6.07, 6.45) is 0. The molecule has 1 aliphatic heterocycles. The van der Waals surface area contributed by atoms with E-state index in [1.165, 1.54) is 6.07 Å². The summed E-state index contributed by atoms with van der Waals surface area (Å²) in [6, 6.07) is 9.84. The molecule has 1 heterocycles. The van der Waals surface area contributed by atoms with Crippen molar-refractivity contribution in [3.05, 3.63) is 42.0 Å². The largest absolute Gasteiger partial charge is 0.497 e. The molecule has 0 amide bonds. The van der Waals surface area contributed by atoms with Crippen LogP contribution < -0.4 is 18.9 Å². The average molecular weight is 335 g/mol. The van der Waals surface area contributed by atoms with Gasteiger partial charge in [0.25, 0.3) is 10.0 Å². The van der Waals surface area contributed by atoms with Crippen LogP contribution >= 0.6 is 0 Å². The molecule has 1 N–H and O–H groups in total. The second-order valence-electron chi connectivity index (χ2n) is 5.10. The lowest BCUT2D eigenvalue weighted by Crippen LogP contribution is -2.18. The highest BCUT2D eigenvalue weighted by molar-refractivity contribution is 7.92. The number of anilines is 1. The van der Waals surface area contributed by atoms with Crippen molar-refractivity contribution in [2.45, 2.75) is 11.8 Å². The maximum atomic E-state index is 12.6. The van der Waals surface area contributed by atoms with E-state index >= 15 is 0 Å². The standard InChI is InChI=1S/C16H17NO5S/c1-11-9-14-15(22-8-7-21-14)10-16(11)23(18,19)17-12-3-5-13(20-2)6-4-12/h3-6,9-10,17H,7-8H2,1-2H3. The van der Waals surface area contributed by atoms with Crippen LogP contribution in [0.2, 0.25) is 0 Å². The lowest BCUT2D eigenvalue weighted by molar-refractivity contribution is 0.171. The molecule has 2 aromatic rings. The summed E-state index contributed by atoms with van der Waals surface area (Å²) in [5.74, 6) is 1.66. The van der Waals surface area contributed by atoms with Gasteiger partial charge in [-0.25, -0.2) is 8.42 Å². The minimum absolute atomic E-state index is 0.164. The number of ether oxygens (including phenoxy) is 3. The highest BCUT2D eigenvalue weighted by Crippen LogP contribution is 2.35.